The van der Waals surface area contributed by atoms with Crippen LogP contribution in [0.4, 0.5) is 0 Å². The van der Waals surface area contributed by atoms with Crippen LogP contribution in [-0.2, 0) is 4.79 Å². The number of rotatable bonds is 3. The van der Waals surface area contributed by atoms with E-state index in [1.54, 1.807) is 19.0 Å². The highest BCUT2D eigenvalue weighted by Gasteiger charge is 2.29. The summed E-state index contributed by atoms with van der Waals surface area (Å²) in [6.45, 7) is 3.27. The molecule has 0 unspecified atom stereocenters. The third-order valence-corrected chi connectivity index (χ3v) is 5.49. The van der Waals surface area contributed by atoms with Crippen molar-refractivity contribution in [3.63, 3.8) is 0 Å². The van der Waals surface area contributed by atoms with Crippen molar-refractivity contribution in [3.8, 4) is 10.6 Å². The van der Waals surface area contributed by atoms with Gasteiger partial charge in [-0.05, 0) is 19.8 Å². The maximum atomic E-state index is 12.7. The molecule has 0 saturated carbocycles. The van der Waals surface area contributed by atoms with Gasteiger partial charge in [-0.3, -0.25) is 9.59 Å². The minimum Gasteiger partial charge on any atom is -0.349 e. The lowest BCUT2D eigenvalue weighted by molar-refractivity contribution is -0.134. The number of likely N-dealkylation sites (tertiary alicyclic amines) is 1. The molecular weight excluding hydrogens is 334 g/mol. The Kier molecular flexibility index (Phi) is 5.18. The first-order valence-electron chi connectivity index (χ1n) is 8.48. The molecule has 1 saturated heterocycles. The Morgan fingerprint density at radius 2 is 1.80 bits per heavy atom. The van der Waals surface area contributed by atoms with E-state index in [0.717, 1.165) is 23.4 Å². The molecule has 0 N–H and O–H groups in total. The molecule has 0 bridgehead atoms. The van der Waals surface area contributed by atoms with Crippen molar-refractivity contribution in [2.45, 2.75) is 19.8 Å². The molecule has 0 aliphatic carbocycles. The minimum atomic E-state index is -0.0367. The highest BCUT2D eigenvalue weighted by Crippen LogP contribution is 2.26. The molecule has 1 aromatic heterocycles. The smallest absolute Gasteiger partial charge is 0.273 e. The second-order valence-corrected chi connectivity index (χ2v) is 7.56. The van der Waals surface area contributed by atoms with E-state index < -0.39 is 0 Å². The number of carbonyl (C=O) groups is 2. The van der Waals surface area contributed by atoms with Crippen molar-refractivity contribution < 1.29 is 9.59 Å². The molecule has 6 heteroatoms. The number of piperidine rings is 1. The average molecular weight is 357 g/mol. The fraction of sp³-hybridized carbons (Fsp3) is 0.421. The predicted octanol–water partition coefficient (Wildman–Crippen LogP) is 3.06. The maximum absolute atomic E-state index is 12.7. The van der Waals surface area contributed by atoms with Gasteiger partial charge in [0.1, 0.15) is 10.7 Å². The first-order valence-corrected chi connectivity index (χ1v) is 9.36. The summed E-state index contributed by atoms with van der Waals surface area (Å²) in [4.78, 5) is 32.7. The SMILES string of the molecule is Cc1ccc(-c2nc(C(=O)N3CCC(C(=O)N(C)C)CC3)cs2)cc1. The first-order chi connectivity index (χ1) is 12.0. The van der Waals surface area contributed by atoms with E-state index in [1.807, 2.05) is 41.5 Å². The summed E-state index contributed by atoms with van der Waals surface area (Å²) >= 11 is 1.49. The van der Waals surface area contributed by atoms with Crippen LogP contribution in [-0.4, -0.2) is 53.8 Å². The largest absolute Gasteiger partial charge is 0.349 e. The number of aromatic nitrogens is 1. The van der Waals surface area contributed by atoms with Crippen LogP contribution >= 0.6 is 11.3 Å². The Labute approximate surface area is 152 Å². The molecule has 2 aromatic rings. The van der Waals surface area contributed by atoms with Crippen molar-refractivity contribution in [2.75, 3.05) is 27.2 Å². The molecule has 132 valence electrons. The van der Waals surface area contributed by atoms with E-state index >= 15 is 0 Å². The standard InChI is InChI=1S/C19H23N3O2S/c1-13-4-6-14(7-5-13)17-20-16(12-25-17)19(24)22-10-8-15(9-11-22)18(23)21(2)3/h4-7,12,15H,8-11H2,1-3H3. The maximum Gasteiger partial charge on any atom is 0.273 e. The number of nitrogens with zero attached hydrogens (tertiary/aromatic N) is 3. The molecule has 2 amide bonds. The molecule has 0 spiro atoms. The third-order valence-electron chi connectivity index (χ3n) is 4.59. The van der Waals surface area contributed by atoms with Gasteiger partial charge >= 0.3 is 0 Å². The topological polar surface area (TPSA) is 53.5 Å². The van der Waals surface area contributed by atoms with Gasteiger partial charge in [-0.2, -0.15) is 0 Å². The van der Waals surface area contributed by atoms with Crippen LogP contribution in [0.5, 0.6) is 0 Å². The quantitative estimate of drug-likeness (QED) is 0.848. The van der Waals surface area contributed by atoms with E-state index in [-0.39, 0.29) is 17.7 Å². The Morgan fingerprint density at radius 3 is 2.40 bits per heavy atom. The number of hydrogen-bond acceptors (Lipinski definition) is 4. The second kappa shape index (κ2) is 7.35. The van der Waals surface area contributed by atoms with Gasteiger partial charge in [0.05, 0.1) is 0 Å². The summed E-state index contributed by atoms with van der Waals surface area (Å²) in [5, 5.41) is 2.69. The lowest BCUT2D eigenvalue weighted by Crippen LogP contribution is -2.42. The molecule has 1 aliphatic rings. The van der Waals surface area contributed by atoms with Gasteiger partial charge in [-0.1, -0.05) is 29.8 Å². The van der Waals surface area contributed by atoms with Crippen molar-refractivity contribution in [2.24, 2.45) is 5.92 Å². The molecule has 1 aromatic carbocycles. The minimum absolute atomic E-state index is 0.0256. The summed E-state index contributed by atoms with van der Waals surface area (Å²) in [7, 11) is 3.56. The van der Waals surface area contributed by atoms with Gasteiger partial charge in [0.15, 0.2) is 0 Å². The van der Waals surface area contributed by atoms with Crippen molar-refractivity contribution in [1.29, 1.82) is 0 Å². The molecule has 0 atom stereocenters. The lowest BCUT2D eigenvalue weighted by Gasteiger charge is -2.32. The summed E-state index contributed by atoms with van der Waals surface area (Å²) in [6, 6.07) is 8.15. The molecule has 0 radical (unpaired) electrons. The number of aryl methyl sites for hydroxylation is 1. The number of benzene rings is 1. The number of thiazole rings is 1. The predicted molar refractivity (Wildman–Crippen MR) is 99.6 cm³/mol. The van der Waals surface area contributed by atoms with Crippen LogP contribution in [0.2, 0.25) is 0 Å². The summed E-state index contributed by atoms with van der Waals surface area (Å²) in [5.41, 5.74) is 2.73. The lowest BCUT2D eigenvalue weighted by atomic mass is 9.95. The van der Waals surface area contributed by atoms with Crippen LogP contribution in [0.15, 0.2) is 29.6 Å². The third kappa shape index (κ3) is 3.90. The number of hydrogen-bond donors (Lipinski definition) is 0. The Balaban J connectivity index is 1.65. The molecule has 25 heavy (non-hydrogen) atoms. The zero-order chi connectivity index (χ0) is 18.0. The summed E-state index contributed by atoms with van der Waals surface area (Å²) in [5.74, 6) is 0.144. The highest BCUT2D eigenvalue weighted by atomic mass is 32.1. The van der Waals surface area contributed by atoms with Crippen molar-refractivity contribution in [3.05, 3.63) is 40.9 Å². The number of amides is 2. The molecule has 2 heterocycles. The first kappa shape index (κ1) is 17.6. The van der Waals surface area contributed by atoms with Crippen LogP contribution in [0.3, 0.4) is 0 Å². The van der Waals surface area contributed by atoms with Gasteiger partial charge < -0.3 is 9.80 Å². The number of carbonyl (C=O) groups excluding carboxylic acids is 2. The van der Waals surface area contributed by atoms with Gasteiger partial charge in [-0.15, -0.1) is 11.3 Å². The summed E-state index contributed by atoms with van der Waals surface area (Å²) in [6.07, 6.45) is 1.44. The fourth-order valence-corrected chi connectivity index (χ4v) is 3.86. The fourth-order valence-electron chi connectivity index (χ4n) is 3.06. The van der Waals surface area contributed by atoms with E-state index in [0.29, 0.717) is 18.8 Å². The summed E-state index contributed by atoms with van der Waals surface area (Å²) < 4.78 is 0. The molecule has 5 nitrogen and oxygen atoms in total. The van der Waals surface area contributed by atoms with E-state index in [9.17, 15) is 9.59 Å². The van der Waals surface area contributed by atoms with E-state index in [4.69, 9.17) is 0 Å². The molecule has 3 rings (SSSR count). The molecule has 1 aliphatic heterocycles. The average Bonchev–Trinajstić information content (AvgIpc) is 3.11. The van der Waals surface area contributed by atoms with E-state index in [2.05, 4.69) is 4.98 Å². The molecule has 1 fully saturated rings. The van der Waals surface area contributed by atoms with Gasteiger partial charge in [0.2, 0.25) is 5.91 Å². The van der Waals surface area contributed by atoms with Crippen LogP contribution in [0, 0.1) is 12.8 Å². The Bertz CT molecular complexity index is 759. The second-order valence-electron chi connectivity index (χ2n) is 6.70. The van der Waals surface area contributed by atoms with E-state index in [1.165, 1.54) is 16.9 Å². The normalized spacial score (nSPS) is 15.2. The van der Waals surface area contributed by atoms with Crippen LogP contribution in [0.1, 0.15) is 28.9 Å². The molecular formula is C19H23N3O2S. The Morgan fingerprint density at radius 1 is 1.16 bits per heavy atom. The Hall–Kier alpha value is -2.21. The van der Waals surface area contributed by atoms with Crippen molar-refractivity contribution in [1.82, 2.24) is 14.8 Å². The van der Waals surface area contributed by atoms with Crippen LogP contribution in [0.25, 0.3) is 10.6 Å². The van der Waals surface area contributed by atoms with Gasteiger partial charge in [0, 0.05) is 44.0 Å². The van der Waals surface area contributed by atoms with Crippen LogP contribution < -0.4 is 0 Å². The van der Waals surface area contributed by atoms with Gasteiger partial charge in [0.25, 0.3) is 5.91 Å². The zero-order valence-corrected chi connectivity index (χ0v) is 15.7. The zero-order valence-electron chi connectivity index (χ0n) is 14.9. The van der Waals surface area contributed by atoms with Gasteiger partial charge in [-0.25, -0.2) is 4.98 Å². The monoisotopic (exact) mass is 357 g/mol. The highest BCUT2D eigenvalue weighted by molar-refractivity contribution is 7.13. The van der Waals surface area contributed by atoms with Crippen molar-refractivity contribution >= 4 is 23.2 Å².